The second-order valence-electron chi connectivity index (χ2n) is 7.28. The molecule has 0 fully saturated rings. The summed E-state index contributed by atoms with van der Waals surface area (Å²) in [5.74, 6) is 0.245. The first-order valence-electron chi connectivity index (χ1n) is 10.1. The largest absolute Gasteiger partial charge is 0.325 e. The van der Waals surface area contributed by atoms with Gasteiger partial charge in [-0.2, -0.15) is 0 Å². The highest BCUT2D eigenvalue weighted by molar-refractivity contribution is 5.98. The summed E-state index contributed by atoms with van der Waals surface area (Å²) in [5.41, 5.74) is 4.27. The van der Waals surface area contributed by atoms with Crippen LogP contribution in [0.15, 0.2) is 109 Å². The van der Waals surface area contributed by atoms with E-state index in [-0.39, 0.29) is 5.91 Å². The summed E-state index contributed by atoms with van der Waals surface area (Å²) >= 11 is 0. The zero-order valence-electron chi connectivity index (χ0n) is 16.7. The number of aromatic nitrogens is 3. The van der Waals surface area contributed by atoms with Gasteiger partial charge in [0.25, 0.3) is 0 Å². The normalized spacial score (nSPS) is 11.0. The van der Waals surface area contributed by atoms with Crippen molar-refractivity contribution in [3.63, 3.8) is 0 Å². The smallest absolute Gasteiger partial charge is 0.236 e. The summed E-state index contributed by atoms with van der Waals surface area (Å²) in [5, 5.41) is 11.6. The van der Waals surface area contributed by atoms with Crippen molar-refractivity contribution in [3.8, 4) is 11.4 Å². The Kier molecular flexibility index (Phi) is 4.99. The molecular formula is C26H20N4O. The van der Waals surface area contributed by atoms with Gasteiger partial charge in [-0.3, -0.25) is 9.20 Å². The maximum absolute atomic E-state index is 13.4. The highest BCUT2D eigenvalue weighted by Crippen LogP contribution is 2.27. The average molecular weight is 404 g/mol. The van der Waals surface area contributed by atoms with Gasteiger partial charge in [-0.05, 0) is 35.4 Å². The first-order valence-corrected chi connectivity index (χ1v) is 10.1. The van der Waals surface area contributed by atoms with Crippen molar-refractivity contribution in [1.82, 2.24) is 14.6 Å². The molecule has 5 nitrogen and oxygen atoms in total. The molecule has 2 aromatic heterocycles. The molecule has 1 amide bonds. The average Bonchev–Trinajstić information content (AvgIpc) is 3.25. The molecular weight excluding hydrogens is 384 g/mol. The van der Waals surface area contributed by atoms with E-state index in [2.05, 4.69) is 15.5 Å². The quantitative estimate of drug-likeness (QED) is 0.440. The van der Waals surface area contributed by atoms with Crippen molar-refractivity contribution in [3.05, 3.63) is 120 Å². The molecule has 150 valence electrons. The third-order valence-corrected chi connectivity index (χ3v) is 5.23. The third-order valence-electron chi connectivity index (χ3n) is 5.23. The molecule has 3 aromatic carbocycles. The van der Waals surface area contributed by atoms with Gasteiger partial charge in [0.2, 0.25) is 5.91 Å². The molecule has 0 aliphatic heterocycles. The monoisotopic (exact) mass is 404 g/mol. The Morgan fingerprint density at radius 1 is 0.742 bits per heavy atom. The number of carbonyl (C=O) groups excluding carboxylic acids is 1. The van der Waals surface area contributed by atoms with E-state index in [4.69, 9.17) is 0 Å². The summed E-state index contributed by atoms with van der Waals surface area (Å²) < 4.78 is 1.93. The molecule has 2 heterocycles. The maximum atomic E-state index is 13.4. The van der Waals surface area contributed by atoms with Gasteiger partial charge in [0.15, 0.2) is 11.5 Å². The minimum Gasteiger partial charge on any atom is -0.325 e. The molecule has 0 aliphatic rings. The van der Waals surface area contributed by atoms with E-state index in [0.29, 0.717) is 5.69 Å². The Bertz CT molecular complexity index is 1290. The number of rotatable bonds is 5. The summed E-state index contributed by atoms with van der Waals surface area (Å²) in [6.45, 7) is 0. The van der Waals surface area contributed by atoms with E-state index in [1.54, 1.807) is 0 Å². The first kappa shape index (κ1) is 18.8. The highest BCUT2D eigenvalue weighted by Gasteiger charge is 2.22. The van der Waals surface area contributed by atoms with Crippen molar-refractivity contribution >= 4 is 17.2 Å². The van der Waals surface area contributed by atoms with Crippen LogP contribution in [0.5, 0.6) is 0 Å². The standard InChI is InChI=1S/C26H20N4O/c31-26(24(19-10-3-1-4-11-19)20-12-5-2-6-13-20)27-22-15-9-14-21(18-22)25-29-28-23-16-7-8-17-30(23)25/h1-18,24H,(H,27,31). The van der Waals surface area contributed by atoms with Gasteiger partial charge < -0.3 is 5.32 Å². The second-order valence-corrected chi connectivity index (χ2v) is 7.28. The number of hydrogen-bond acceptors (Lipinski definition) is 3. The summed E-state index contributed by atoms with van der Waals surface area (Å²) in [6, 6.07) is 33.1. The Morgan fingerprint density at radius 2 is 1.42 bits per heavy atom. The van der Waals surface area contributed by atoms with Crippen molar-refractivity contribution in [1.29, 1.82) is 0 Å². The van der Waals surface area contributed by atoms with Crippen molar-refractivity contribution < 1.29 is 4.79 Å². The predicted molar refractivity (Wildman–Crippen MR) is 122 cm³/mol. The van der Waals surface area contributed by atoms with Gasteiger partial charge >= 0.3 is 0 Å². The highest BCUT2D eigenvalue weighted by atomic mass is 16.1. The lowest BCUT2D eigenvalue weighted by molar-refractivity contribution is -0.116. The molecule has 1 N–H and O–H groups in total. The SMILES string of the molecule is O=C(Nc1cccc(-c2nnc3ccccn23)c1)C(c1ccccc1)c1ccccc1. The van der Waals surface area contributed by atoms with Crippen LogP contribution in [0.2, 0.25) is 0 Å². The molecule has 0 saturated heterocycles. The van der Waals surface area contributed by atoms with Crippen LogP contribution < -0.4 is 5.32 Å². The van der Waals surface area contributed by atoms with Crippen LogP contribution >= 0.6 is 0 Å². The van der Waals surface area contributed by atoms with Gasteiger partial charge in [0.1, 0.15) is 0 Å². The van der Waals surface area contributed by atoms with Crippen molar-refractivity contribution in [2.24, 2.45) is 0 Å². The number of pyridine rings is 1. The van der Waals surface area contributed by atoms with Gasteiger partial charge in [-0.1, -0.05) is 78.9 Å². The van der Waals surface area contributed by atoms with Crippen molar-refractivity contribution in [2.75, 3.05) is 5.32 Å². The maximum Gasteiger partial charge on any atom is 0.236 e. The van der Waals surface area contributed by atoms with E-state index in [1.165, 1.54) is 0 Å². The number of nitrogens with zero attached hydrogens (tertiary/aromatic N) is 3. The molecule has 0 unspecified atom stereocenters. The molecule has 0 aliphatic carbocycles. The van der Waals surface area contributed by atoms with Crippen molar-refractivity contribution in [2.45, 2.75) is 5.92 Å². The summed E-state index contributed by atoms with van der Waals surface area (Å²) in [7, 11) is 0. The first-order chi connectivity index (χ1) is 15.3. The molecule has 5 heteroatoms. The van der Waals surface area contributed by atoms with Gasteiger partial charge in [-0.15, -0.1) is 10.2 Å². The number of benzene rings is 3. The lowest BCUT2D eigenvalue weighted by Crippen LogP contribution is -2.22. The minimum atomic E-state index is -0.403. The fourth-order valence-corrected chi connectivity index (χ4v) is 3.77. The molecule has 0 saturated carbocycles. The lowest BCUT2D eigenvalue weighted by atomic mass is 9.90. The van der Waals surface area contributed by atoms with Crippen LogP contribution in [-0.4, -0.2) is 20.5 Å². The van der Waals surface area contributed by atoms with E-state index in [1.807, 2.05) is 114 Å². The molecule has 0 spiro atoms. The van der Waals surface area contributed by atoms with Gasteiger partial charge in [0, 0.05) is 17.4 Å². The molecule has 0 atom stereocenters. The third kappa shape index (κ3) is 3.81. The number of fused-ring (bicyclic) bond motifs is 1. The minimum absolute atomic E-state index is 0.0827. The van der Waals surface area contributed by atoms with Crippen LogP contribution in [0.25, 0.3) is 17.0 Å². The van der Waals surface area contributed by atoms with Crippen LogP contribution in [0.1, 0.15) is 17.0 Å². The van der Waals surface area contributed by atoms with E-state index in [0.717, 1.165) is 28.2 Å². The number of carbonyl (C=O) groups is 1. The Balaban J connectivity index is 1.47. The molecule has 0 radical (unpaired) electrons. The fraction of sp³-hybridized carbons (Fsp3) is 0.0385. The zero-order chi connectivity index (χ0) is 21.0. The number of anilines is 1. The van der Waals surface area contributed by atoms with Crippen LogP contribution in [-0.2, 0) is 4.79 Å². The van der Waals surface area contributed by atoms with E-state index >= 15 is 0 Å². The fourth-order valence-electron chi connectivity index (χ4n) is 3.77. The van der Waals surface area contributed by atoms with Gasteiger partial charge in [-0.25, -0.2) is 0 Å². The molecule has 0 bridgehead atoms. The predicted octanol–water partition coefficient (Wildman–Crippen LogP) is 5.17. The molecule has 5 aromatic rings. The summed E-state index contributed by atoms with van der Waals surface area (Å²) in [6.07, 6.45) is 1.93. The topological polar surface area (TPSA) is 59.3 Å². The molecule has 5 rings (SSSR count). The summed E-state index contributed by atoms with van der Waals surface area (Å²) in [4.78, 5) is 13.4. The Morgan fingerprint density at radius 3 is 2.13 bits per heavy atom. The van der Waals surface area contributed by atoms with Crippen LogP contribution in [0.4, 0.5) is 5.69 Å². The van der Waals surface area contributed by atoms with Crippen LogP contribution in [0, 0.1) is 0 Å². The molecule has 31 heavy (non-hydrogen) atoms. The number of amides is 1. The Labute approximate surface area is 180 Å². The zero-order valence-corrected chi connectivity index (χ0v) is 16.7. The lowest BCUT2D eigenvalue weighted by Gasteiger charge is -2.18. The van der Waals surface area contributed by atoms with E-state index in [9.17, 15) is 4.79 Å². The van der Waals surface area contributed by atoms with Crippen LogP contribution in [0.3, 0.4) is 0 Å². The second kappa shape index (κ2) is 8.24. The van der Waals surface area contributed by atoms with Gasteiger partial charge in [0.05, 0.1) is 5.92 Å². The Hall–Kier alpha value is -4.25. The van der Waals surface area contributed by atoms with E-state index < -0.39 is 5.92 Å². The number of nitrogens with one attached hydrogen (secondary N) is 1. The number of hydrogen-bond donors (Lipinski definition) is 1.